The van der Waals surface area contributed by atoms with E-state index in [1.807, 2.05) is 36.4 Å². The van der Waals surface area contributed by atoms with Gasteiger partial charge in [0.05, 0.1) is 0 Å². The summed E-state index contributed by atoms with van der Waals surface area (Å²) in [6.07, 6.45) is 2.02. The number of hydrogen-bond acceptors (Lipinski definition) is 3. The number of benzene rings is 2. The van der Waals surface area contributed by atoms with Crippen molar-refractivity contribution in [1.29, 1.82) is 0 Å². The maximum absolute atomic E-state index is 13.3. The predicted octanol–water partition coefficient (Wildman–Crippen LogP) is 4.04. The number of aromatic nitrogens is 1. The van der Waals surface area contributed by atoms with Crippen LogP contribution in [0.2, 0.25) is 0 Å². The Labute approximate surface area is 161 Å². The maximum atomic E-state index is 13.3. The van der Waals surface area contributed by atoms with Gasteiger partial charge in [0.1, 0.15) is 0 Å². The van der Waals surface area contributed by atoms with Gasteiger partial charge < -0.3 is 10.1 Å². The number of nitrogens with one attached hydrogen (secondary N) is 1. The third kappa shape index (κ3) is 3.33. The minimum Gasteiger partial charge on any atom is -0.461 e. The summed E-state index contributed by atoms with van der Waals surface area (Å²) in [7, 11) is 0. The van der Waals surface area contributed by atoms with E-state index in [1.54, 1.807) is 13.1 Å². The molecule has 1 aromatic heterocycles. The second-order valence-electron chi connectivity index (χ2n) is 6.95. The molecule has 0 fully saturated rings. The Bertz CT molecular complexity index is 1040. The van der Waals surface area contributed by atoms with Crippen molar-refractivity contribution in [3.63, 3.8) is 0 Å². The van der Waals surface area contributed by atoms with Gasteiger partial charge >= 0.3 is 0 Å². The SMILES string of the molecule is CC1(C(=O)NCc2ccc(F)c(F)c2)Cc2c(-c3ccccc3)ccnc2O1. The second-order valence-corrected chi connectivity index (χ2v) is 6.95. The predicted molar refractivity (Wildman–Crippen MR) is 101 cm³/mol. The number of nitrogens with zero attached hydrogens (tertiary/aromatic N) is 1. The molecule has 0 spiro atoms. The van der Waals surface area contributed by atoms with Crippen molar-refractivity contribution in [3.05, 3.63) is 83.6 Å². The van der Waals surface area contributed by atoms with Crippen molar-refractivity contribution < 1.29 is 18.3 Å². The first-order valence-corrected chi connectivity index (χ1v) is 8.91. The number of carbonyl (C=O) groups excluding carboxylic acids is 1. The molecule has 1 atom stereocenters. The van der Waals surface area contributed by atoms with Gasteiger partial charge in [-0.2, -0.15) is 0 Å². The Hall–Kier alpha value is -3.28. The van der Waals surface area contributed by atoms with Crippen molar-refractivity contribution in [1.82, 2.24) is 10.3 Å². The summed E-state index contributed by atoms with van der Waals surface area (Å²) in [6.45, 7) is 1.77. The van der Waals surface area contributed by atoms with Gasteiger partial charge in [-0.3, -0.25) is 4.79 Å². The van der Waals surface area contributed by atoms with Crippen LogP contribution in [-0.2, 0) is 17.8 Å². The molecule has 1 aliphatic rings. The lowest BCUT2D eigenvalue weighted by molar-refractivity contribution is -0.134. The van der Waals surface area contributed by atoms with Gasteiger partial charge in [-0.15, -0.1) is 0 Å². The third-order valence-corrected chi connectivity index (χ3v) is 4.85. The molecular formula is C22H18F2N2O2. The van der Waals surface area contributed by atoms with Crippen LogP contribution in [0.5, 0.6) is 5.88 Å². The van der Waals surface area contributed by atoms with Crippen molar-refractivity contribution >= 4 is 5.91 Å². The summed E-state index contributed by atoms with van der Waals surface area (Å²) in [5.41, 5.74) is 2.21. The molecule has 0 aliphatic carbocycles. The lowest BCUT2D eigenvalue weighted by Crippen LogP contribution is -2.47. The second kappa shape index (κ2) is 7.03. The molecule has 6 heteroatoms. The molecule has 28 heavy (non-hydrogen) atoms. The molecule has 142 valence electrons. The molecule has 1 amide bonds. The Morgan fingerprint density at radius 3 is 2.68 bits per heavy atom. The highest BCUT2D eigenvalue weighted by Gasteiger charge is 2.43. The number of pyridine rings is 1. The molecule has 2 aromatic carbocycles. The van der Waals surface area contributed by atoms with E-state index in [0.29, 0.717) is 17.9 Å². The molecule has 4 rings (SSSR count). The lowest BCUT2D eigenvalue weighted by Gasteiger charge is -2.22. The monoisotopic (exact) mass is 380 g/mol. The van der Waals surface area contributed by atoms with Crippen molar-refractivity contribution in [2.75, 3.05) is 0 Å². The first-order chi connectivity index (χ1) is 13.5. The zero-order valence-corrected chi connectivity index (χ0v) is 15.2. The quantitative estimate of drug-likeness (QED) is 0.743. The van der Waals surface area contributed by atoms with Crippen LogP contribution in [0.15, 0.2) is 60.8 Å². The standard InChI is InChI=1S/C22H18F2N2O2/c1-22(21(27)26-13-14-7-8-18(23)19(24)11-14)12-17-16(9-10-25-20(17)28-22)15-5-3-2-4-6-15/h2-11H,12-13H2,1H3,(H,26,27). The van der Waals surface area contributed by atoms with Crippen molar-refractivity contribution in [2.45, 2.75) is 25.5 Å². The van der Waals surface area contributed by atoms with Crippen LogP contribution in [0.3, 0.4) is 0 Å². The molecule has 1 aliphatic heterocycles. The van der Waals surface area contributed by atoms with Gasteiger partial charge in [0, 0.05) is 24.7 Å². The average Bonchev–Trinajstić information content (AvgIpc) is 3.07. The van der Waals surface area contributed by atoms with Gasteiger partial charge in [-0.1, -0.05) is 36.4 Å². The third-order valence-electron chi connectivity index (χ3n) is 4.85. The lowest BCUT2D eigenvalue weighted by atomic mass is 9.93. The molecule has 0 radical (unpaired) electrons. The van der Waals surface area contributed by atoms with E-state index in [1.165, 1.54) is 6.07 Å². The van der Waals surface area contributed by atoms with Gasteiger partial charge in [-0.05, 0) is 41.8 Å². The fourth-order valence-electron chi connectivity index (χ4n) is 3.35. The fourth-order valence-corrected chi connectivity index (χ4v) is 3.35. The molecule has 0 bridgehead atoms. The number of fused-ring (bicyclic) bond motifs is 1. The van der Waals surface area contributed by atoms with Crippen LogP contribution in [-0.4, -0.2) is 16.5 Å². The van der Waals surface area contributed by atoms with Crippen LogP contribution < -0.4 is 10.1 Å². The van der Waals surface area contributed by atoms with E-state index in [0.717, 1.165) is 28.8 Å². The maximum Gasteiger partial charge on any atom is 0.264 e. The molecule has 1 unspecified atom stereocenters. The highest BCUT2D eigenvalue weighted by molar-refractivity contribution is 5.87. The number of halogens is 2. The first-order valence-electron chi connectivity index (χ1n) is 8.91. The topological polar surface area (TPSA) is 51.2 Å². The van der Waals surface area contributed by atoms with Crippen LogP contribution in [0, 0.1) is 11.6 Å². The highest BCUT2D eigenvalue weighted by Crippen LogP contribution is 2.39. The van der Waals surface area contributed by atoms with E-state index >= 15 is 0 Å². The van der Waals surface area contributed by atoms with Crippen LogP contribution >= 0.6 is 0 Å². The summed E-state index contributed by atoms with van der Waals surface area (Å²) in [5, 5.41) is 2.74. The molecular weight excluding hydrogens is 362 g/mol. The number of hydrogen-bond donors (Lipinski definition) is 1. The largest absolute Gasteiger partial charge is 0.461 e. The highest BCUT2D eigenvalue weighted by atomic mass is 19.2. The molecule has 0 saturated heterocycles. The Morgan fingerprint density at radius 1 is 1.14 bits per heavy atom. The number of carbonyl (C=O) groups is 1. The van der Waals surface area contributed by atoms with E-state index in [2.05, 4.69) is 10.3 Å². The van der Waals surface area contributed by atoms with Gasteiger partial charge in [0.15, 0.2) is 17.2 Å². The van der Waals surface area contributed by atoms with E-state index in [-0.39, 0.29) is 12.5 Å². The summed E-state index contributed by atoms with van der Waals surface area (Å²) in [4.78, 5) is 17.0. The Balaban J connectivity index is 1.52. The minimum absolute atomic E-state index is 0.0737. The smallest absolute Gasteiger partial charge is 0.264 e. The van der Waals surface area contributed by atoms with Crippen LogP contribution in [0.4, 0.5) is 8.78 Å². The summed E-state index contributed by atoms with van der Waals surface area (Å²) in [6, 6.07) is 15.3. The minimum atomic E-state index is -1.13. The zero-order chi connectivity index (χ0) is 19.7. The molecule has 2 heterocycles. The van der Waals surface area contributed by atoms with E-state index in [4.69, 9.17) is 4.74 Å². The van der Waals surface area contributed by atoms with Crippen LogP contribution in [0.25, 0.3) is 11.1 Å². The van der Waals surface area contributed by atoms with Gasteiger partial charge in [0.2, 0.25) is 5.88 Å². The number of ether oxygens (including phenoxy) is 1. The summed E-state index contributed by atoms with van der Waals surface area (Å²) >= 11 is 0. The van der Waals surface area contributed by atoms with E-state index < -0.39 is 17.2 Å². The van der Waals surface area contributed by atoms with Gasteiger partial charge in [0.25, 0.3) is 5.91 Å². The molecule has 3 aromatic rings. The van der Waals surface area contributed by atoms with Crippen LogP contribution in [0.1, 0.15) is 18.1 Å². The van der Waals surface area contributed by atoms with Crippen molar-refractivity contribution in [3.8, 4) is 17.0 Å². The zero-order valence-electron chi connectivity index (χ0n) is 15.2. The fraction of sp³-hybridized carbons (Fsp3) is 0.182. The number of amides is 1. The number of rotatable bonds is 4. The average molecular weight is 380 g/mol. The summed E-state index contributed by atoms with van der Waals surface area (Å²) < 4.78 is 32.3. The normalized spacial score (nSPS) is 17.7. The first kappa shape index (κ1) is 18.1. The van der Waals surface area contributed by atoms with E-state index in [9.17, 15) is 13.6 Å². The molecule has 4 nitrogen and oxygen atoms in total. The summed E-state index contributed by atoms with van der Waals surface area (Å²) in [5.74, 6) is -1.77. The van der Waals surface area contributed by atoms with Gasteiger partial charge in [-0.25, -0.2) is 13.8 Å². The molecule has 1 N–H and O–H groups in total. The Morgan fingerprint density at radius 2 is 1.93 bits per heavy atom. The Kier molecular flexibility index (Phi) is 4.55. The van der Waals surface area contributed by atoms with Crippen molar-refractivity contribution in [2.24, 2.45) is 0 Å². The molecule has 0 saturated carbocycles.